The Morgan fingerprint density at radius 2 is 1.88 bits per heavy atom. The Balaban J connectivity index is 1.35. The van der Waals surface area contributed by atoms with Crippen LogP contribution in [0.2, 0.25) is 0 Å². The second kappa shape index (κ2) is 9.90. The van der Waals surface area contributed by atoms with E-state index < -0.39 is 40.5 Å². The lowest BCUT2D eigenvalue weighted by Crippen LogP contribution is -2.43. The summed E-state index contributed by atoms with van der Waals surface area (Å²) in [5, 5.41) is 2.78. The summed E-state index contributed by atoms with van der Waals surface area (Å²) < 4.78 is 32.1. The molecule has 2 aliphatic heterocycles. The van der Waals surface area contributed by atoms with Crippen molar-refractivity contribution in [1.82, 2.24) is 9.29 Å². The first-order valence-corrected chi connectivity index (χ1v) is 12.5. The van der Waals surface area contributed by atoms with Crippen LogP contribution in [0.5, 0.6) is 0 Å². The van der Waals surface area contributed by atoms with Gasteiger partial charge < -0.3 is 15.0 Å². The van der Waals surface area contributed by atoms with Crippen molar-refractivity contribution in [3.8, 4) is 0 Å². The number of esters is 1. The molecule has 3 heterocycles. The standard InChI is InChI=1S/C23H26N4O6S/c1-16-13-21(28)25-19-6-2-3-7-20(19)27(16)22(29)15-33-23(30)17-8-11-26(12-9-17)34(31,32)18-5-4-10-24-14-18/h2-7,10,14,16-17H,8-9,11-13,15H2,1H3,(H,25,28). The van der Waals surface area contributed by atoms with Crippen molar-refractivity contribution in [3.63, 3.8) is 0 Å². The van der Waals surface area contributed by atoms with Crippen LogP contribution in [0.25, 0.3) is 0 Å². The van der Waals surface area contributed by atoms with E-state index in [4.69, 9.17) is 4.74 Å². The van der Waals surface area contributed by atoms with Gasteiger partial charge in [-0.25, -0.2) is 8.42 Å². The number of rotatable bonds is 5. The van der Waals surface area contributed by atoms with Crippen molar-refractivity contribution < 1.29 is 27.5 Å². The molecule has 0 radical (unpaired) electrons. The van der Waals surface area contributed by atoms with E-state index in [1.165, 1.54) is 27.7 Å². The van der Waals surface area contributed by atoms with Crippen LogP contribution in [0.15, 0.2) is 53.7 Å². The molecule has 1 atom stereocenters. The highest BCUT2D eigenvalue weighted by molar-refractivity contribution is 7.89. The predicted octanol–water partition coefficient (Wildman–Crippen LogP) is 1.79. The maximum absolute atomic E-state index is 13.0. The molecular formula is C23H26N4O6S. The molecule has 1 fully saturated rings. The summed E-state index contributed by atoms with van der Waals surface area (Å²) in [7, 11) is -3.67. The number of fused-ring (bicyclic) bond motifs is 1. The van der Waals surface area contributed by atoms with Gasteiger partial charge >= 0.3 is 5.97 Å². The molecule has 1 aromatic carbocycles. The zero-order chi connectivity index (χ0) is 24.3. The number of anilines is 2. The molecule has 2 amide bonds. The van der Waals surface area contributed by atoms with Gasteiger partial charge in [0, 0.05) is 37.9 Å². The molecule has 10 nitrogen and oxygen atoms in total. The smallest absolute Gasteiger partial charge is 0.309 e. The number of aromatic nitrogens is 1. The molecule has 2 aliphatic rings. The number of hydrogen-bond acceptors (Lipinski definition) is 7. The summed E-state index contributed by atoms with van der Waals surface area (Å²) in [4.78, 5) is 43.1. The Morgan fingerprint density at radius 1 is 1.15 bits per heavy atom. The number of amides is 2. The molecule has 180 valence electrons. The van der Waals surface area contributed by atoms with E-state index in [-0.39, 0.29) is 30.3 Å². The molecular weight excluding hydrogens is 460 g/mol. The lowest BCUT2D eigenvalue weighted by atomic mass is 9.98. The molecule has 1 aromatic heterocycles. The first-order valence-electron chi connectivity index (χ1n) is 11.0. The number of nitrogens with zero attached hydrogens (tertiary/aromatic N) is 3. The molecule has 1 N–H and O–H groups in total. The molecule has 34 heavy (non-hydrogen) atoms. The minimum absolute atomic E-state index is 0.112. The van der Waals surface area contributed by atoms with Crippen molar-refractivity contribution in [2.45, 2.75) is 37.1 Å². The summed E-state index contributed by atoms with van der Waals surface area (Å²) in [6.07, 6.45) is 3.52. The monoisotopic (exact) mass is 486 g/mol. The van der Waals surface area contributed by atoms with Gasteiger partial charge in [0.2, 0.25) is 15.9 Å². The molecule has 1 unspecified atom stereocenters. The Morgan fingerprint density at radius 3 is 2.59 bits per heavy atom. The largest absolute Gasteiger partial charge is 0.455 e. The first-order chi connectivity index (χ1) is 16.3. The number of nitrogens with one attached hydrogen (secondary N) is 1. The Bertz CT molecular complexity index is 1180. The number of hydrogen-bond donors (Lipinski definition) is 1. The van der Waals surface area contributed by atoms with Crippen LogP contribution in [0.3, 0.4) is 0 Å². The fourth-order valence-electron chi connectivity index (χ4n) is 4.27. The van der Waals surface area contributed by atoms with Crippen LogP contribution >= 0.6 is 0 Å². The fourth-order valence-corrected chi connectivity index (χ4v) is 5.70. The van der Waals surface area contributed by atoms with Gasteiger partial charge in [0.05, 0.1) is 17.3 Å². The molecule has 0 bridgehead atoms. The zero-order valence-electron chi connectivity index (χ0n) is 18.7. The maximum Gasteiger partial charge on any atom is 0.309 e. The third-order valence-corrected chi connectivity index (χ3v) is 7.91. The minimum Gasteiger partial charge on any atom is -0.455 e. The second-order valence-electron chi connectivity index (χ2n) is 8.36. The Kier molecular flexibility index (Phi) is 6.94. The summed E-state index contributed by atoms with van der Waals surface area (Å²) >= 11 is 0. The number of benzene rings is 1. The van der Waals surface area contributed by atoms with Crippen molar-refractivity contribution in [3.05, 3.63) is 48.8 Å². The van der Waals surface area contributed by atoms with Gasteiger partial charge in [-0.1, -0.05) is 12.1 Å². The summed E-state index contributed by atoms with van der Waals surface area (Å²) in [6, 6.07) is 9.61. The lowest BCUT2D eigenvalue weighted by molar-refractivity contribution is -0.153. The maximum atomic E-state index is 13.0. The molecule has 0 spiro atoms. The normalized spacial score (nSPS) is 19.6. The number of carbonyl (C=O) groups excluding carboxylic acids is 3. The van der Waals surface area contributed by atoms with Crippen molar-refractivity contribution >= 4 is 39.2 Å². The van der Waals surface area contributed by atoms with E-state index in [0.717, 1.165) is 0 Å². The highest BCUT2D eigenvalue weighted by Gasteiger charge is 2.34. The van der Waals surface area contributed by atoms with E-state index in [0.29, 0.717) is 24.2 Å². The fraction of sp³-hybridized carbons (Fsp3) is 0.391. The number of pyridine rings is 1. The average Bonchev–Trinajstić information content (AvgIpc) is 2.97. The Labute approximate surface area is 198 Å². The van der Waals surface area contributed by atoms with Gasteiger partial charge in [-0.2, -0.15) is 4.31 Å². The number of sulfonamides is 1. The average molecular weight is 487 g/mol. The summed E-state index contributed by atoms with van der Waals surface area (Å²) in [6.45, 7) is 1.66. The minimum atomic E-state index is -3.67. The van der Waals surface area contributed by atoms with Gasteiger partial charge in [-0.3, -0.25) is 19.4 Å². The lowest BCUT2D eigenvalue weighted by Gasteiger charge is -2.30. The van der Waals surface area contributed by atoms with E-state index in [2.05, 4.69) is 10.3 Å². The third kappa shape index (κ3) is 4.95. The van der Waals surface area contributed by atoms with Crippen molar-refractivity contribution in [2.24, 2.45) is 5.92 Å². The summed E-state index contributed by atoms with van der Waals surface area (Å²) in [5.41, 5.74) is 1.08. The van der Waals surface area contributed by atoms with Gasteiger partial charge in [0.25, 0.3) is 5.91 Å². The number of para-hydroxylation sites is 2. The van der Waals surface area contributed by atoms with Crippen LogP contribution in [0, 0.1) is 5.92 Å². The number of carbonyl (C=O) groups is 3. The Hall–Kier alpha value is -3.31. The zero-order valence-corrected chi connectivity index (χ0v) is 19.5. The van der Waals surface area contributed by atoms with E-state index >= 15 is 0 Å². The topological polar surface area (TPSA) is 126 Å². The highest BCUT2D eigenvalue weighted by Crippen LogP contribution is 2.31. The molecule has 11 heteroatoms. The van der Waals surface area contributed by atoms with E-state index in [1.807, 2.05) is 0 Å². The van der Waals surface area contributed by atoms with Gasteiger partial charge in [-0.15, -0.1) is 0 Å². The molecule has 0 saturated carbocycles. The third-order valence-electron chi connectivity index (χ3n) is 6.03. The highest BCUT2D eigenvalue weighted by atomic mass is 32.2. The van der Waals surface area contributed by atoms with Crippen LogP contribution in [0.4, 0.5) is 11.4 Å². The molecule has 4 rings (SSSR count). The van der Waals surface area contributed by atoms with Gasteiger partial charge in [0.15, 0.2) is 6.61 Å². The van der Waals surface area contributed by atoms with E-state index in [9.17, 15) is 22.8 Å². The first kappa shape index (κ1) is 23.8. The van der Waals surface area contributed by atoms with Crippen molar-refractivity contribution in [2.75, 3.05) is 29.9 Å². The molecule has 2 aromatic rings. The number of ether oxygens (including phenoxy) is 1. The van der Waals surface area contributed by atoms with Crippen LogP contribution < -0.4 is 10.2 Å². The van der Waals surface area contributed by atoms with Gasteiger partial charge in [-0.05, 0) is 44.0 Å². The SMILES string of the molecule is CC1CC(=O)Nc2ccccc2N1C(=O)COC(=O)C1CCN(S(=O)(=O)c2cccnc2)CC1. The van der Waals surface area contributed by atoms with Crippen LogP contribution in [-0.4, -0.2) is 61.2 Å². The summed E-state index contributed by atoms with van der Waals surface area (Å²) in [5.74, 6) is -1.65. The van der Waals surface area contributed by atoms with Crippen molar-refractivity contribution in [1.29, 1.82) is 0 Å². The van der Waals surface area contributed by atoms with Gasteiger partial charge in [0.1, 0.15) is 4.90 Å². The second-order valence-corrected chi connectivity index (χ2v) is 10.3. The molecule has 1 saturated heterocycles. The van der Waals surface area contributed by atoms with E-state index in [1.54, 1.807) is 37.3 Å². The van der Waals surface area contributed by atoms with Crippen LogP contribution in [-0.2, 0) is 29.1 Å². The molecule has 0 aliphatic carbocycles. The quantitative estimate of drug-likeness (QED) is 0.639. The number of piperidine rings is 1. The van der Waals surface area contributed by atoms with Crippen LogP contribution in [0.1, 0.15) is 26.2 Å². The predicted molar refractivity (Wildman–Crippen MR) is 123 cm³/mol.